The normalized spacial score (nSPS) is 18.8. The van der Waals surface area contributed by atoms with Gasteiger partial charge in [-0.15, -0.1) is 0 Å². The molecular weight excluding hydrogens is 264 g/mol. The zero-order valence-electron chi connectivity index (χ0n) is 9.14. The first-order valence-electron chi connectivity index (χ1n) is 5.06. The number of carbonyl (C=O) groups excluding carboxylic acids is 1. The lowest BCUT2D eigenvalue weighted by Gasteiger charge is -2.05. The summed E-state index contributed by atoms with van der Waals surface area (Å²) in [6.07, 6.45) is 0.867. The Morgan fingerprint density at radius 3 is 2.71 bits per heavy atom. The Kier molecular flexibility index (Phi) is 3.14. The topological polar surface area (TPSA) is 60.4 Å². The van der Waals surface area contributed by atoms with E-state index in [0.717, 1.165) is 5.56 Å². The number of esters is 1. The molecule has 0 N–H and O–H groups in total. The number of rotatable bonds is 2. The van der Waals surface area contributed by atoms with Gasteiger partial charge in [0.25, 0.3) is 9.05 Å². The summed E-state index contributed by atoms with van der Waals surface area (Å²) in [5.41, 5.74) is 1.49. The minimum atomic E-state index is -3.76. The third kappa shape index (κ3) is 2.30. The second-order valence-corrected chi connectivity index (χ2v) is 6.49. The van der Waals surface area contributed by atoms with Crippen LogP contribution in [-0.4, -0.2) is 21.5 Å². The van der Waals surface area contributed by atoms with Crippen LogP contribution in [0.1, 0.15) is 11.1 Å². The largest absolute Gasteiger partial charge is 0.469 e. The first-order chi connectivity index (χ1) is 7.93. The summed E-state index contributed by atoms with van der Waals surface area (Å²) in [7, 11) is 2.92. The van der Waals surface area contributed by atoms with Gasteiger partial charge in [0, 0.05) is 10.7 Å². The van der Waals surface area contributed by atoms with Gasteiger partial charge in [-0.05, 0) is 30.0 Å². The number of ether oxygens (including phenoxy) is 1. The van der Waals surface area contributed by atoms with Crippen LogP contribution in [0.2, 0.25) is 0 Å². The molecule has 2 rings (SSSR count). The lowest BCUT2D eigenvalue weighted by Crippen LogP contribution is -2.16. The van der Waals surface area contributed by atoms with Gasteiger partial charge >= 0.3 is 5.97 Å². The lowest BCUT2D eigenvalue weighted by atomic mass is 10.1. The zero-order chi connectivity index (χ0) is 12.6. The van der Waals surface area contributed by atoms with Crippen LogP contribution in [0.15, 0.2) is 23.1 Å². The van der Waals surface area contributed by atoms with E-state index in [-0.39, 0.29) is 16.8 Å². The molecule has 1 aromatic rings. The van der Waals surface area contributed by atoms with Crippen molar-refractivity contribution in [2.45, 2.75) is 17.7 Å². The molecule has 0 aliphatic heterocycles. The second-order valence-electron chi connectivity index (χ2n) is 3.96. The van der Waals surface area contributed by atoms with Crippen LogP contribution in [0, 0.1) is 5.92 Å². The zero-order valence-corrected chi connectivity index (χ0v) is 10.7. The maximum absolute atomic E-state index is 11.4. The Bertz CT molecular complexity index is 565. The summed E-state index contributed by atoms with van der Waals surface area (Å²) < 4.78 is 27.4. The SMILES string of the molecule is COC(=O)[C@@H]1Cc2cccc(S(=O)(=O)Cl)c2C1. The van der Waals surface area contributed by atoms with Crippen molar-refractivity contribution in [2.75, 3.05) is 7.11 Å². The molecule has 1 aliphatic carbocycles. The first-order valence-corrected chi connectivity index (χ1v) is 7.37. The fraction of sp³-hybridized carbons (Fsp3) is 0.364. The molecule has 0 heterocycles. The molecule has 0 amide bonds. The summed E-state index contributed by atoms with van der Waals surface area (Å²) in [4.78, 5) is 11.5. The molecule has 0 unspecified atom stereocenters. The Hall–Kier alpha value is -1.07. The quantitative estimate of drug-likeness (QED) is 0.606. The highest BCUT2D eigenvalue weighted by Gasteiger charge is 2.32. The van der Waals surface area contributed by atoms with Gasteiger partial charge in [-0.2, -0.15) is 0 Å². The molecule has 0 bridgehead atoms. The summed E-state index contributed by atoms with van der Waals surface area (Å²) in [6, 6.07) is 4.90. The summed E-state index contributed by atoms with van der Waals surface area (Å²) in [6.45, 7) is 0. The maximum Gasteiger partial charge on any atom is 0.309 e. The highest BCUT2D eigenvalue weighted by atomic mass is 35.7. The van der Waals surface area contributed by atoms with Crippen LogP contribution in [0.4, 0.5) is 0 Å². The molecule has 1 atom stereocenters. The molecule has 6 heteroatoms. The molecule has 1 aromatic carbocycles. The smallest absolute Gasteiger partial charge is 0.309 e. The van der Waals surface area contributed by atoms with E-state index in [0.29, 0.717) is 18.4 Å². The van der Waals surface area contributed by atoms with Gasteiger partial charge < -0.3 is 4.74 Å². The van der Waals surface area contributed by atoms with Crippen LogP contribution in [0.25, 0.3) is 0 Å². The molecule has 0 spiro atoms. The van der Waals surface area contributed by atoms with Gasteiger partial charge in [0.05, 0.1) is 17.9 Å². The number of hydrogen-bond donors (Lipinski definition) is 0. The van der Waals surface area contributed by atoms with E-state index in [1.54, 1.807) is 6.07 Å². The van der Waals surface area contributed by atoms with Crippen LogP contribution < -0.4 is 0 Å². The molecule has 0 aromatic heterocycles. The fourth-order valence-electron chi connectivity index (χ4n) is 2.18. The molecular formula is C11H11ClO4S. The molecule has 0 saturated heterocycles. The fourth-order valence-corrected chi connectivity index (χ4v) is 3.36. The van der Waals surface area contributed by atoms with E-state index >= 15 is 0 Å². The van der Waals surface area contributed by atoms with E-state index in [9.17, 15) is 13.2 Å². The Balaban J connectivity index is 2.43. The van der Waals surface area contributed by atoms with Gasteiger partial charge in [-0.3, -0.25) is 4.79 Å². The van der Waals surface area contributed by atoms with Crippen LogP contribution in [-0.2, 0) is 31.4 Å². The molecule has 4 nitrogen and oxygen atoms in total. The van der Waals surface area contributed by atoms with E-state index < -0.39 is 9.05 Å². The van der Waals surface area contributed by atoms with Crippen molar-refractivity contribution in [1.29, 1.82) is 0 Å². The standard InChI is InChI=1S/C11H11ClO4S/c1-16-11(13)8-5-7-3-2-4-10(9(7)6-8)17(12,14)15/h2-4,8H,5-6H2,1H3/t8-/m1/s1. The third-order valence-electron chi connectivity index (χ3n) is 2.94. The van der Waals surface area contributed by atoms with E-state index in [1.807, 2.05) is 6.07 Å². The minimum Gasteiger partial charge on any atom is -0.469 e. The number of benzene rings is 1. The predicted molar refractivity (Wildman–Crippen MR) is 62.4 cm³/mol. The number of fused-ring (bicyclic) bond motifs is 1. The van der Waals surface area contributed by atoms with Crippen molar-refractivity contribution < 1.29 is 17.9 Å². The molecule has 1 aliphatic rings. The van der Waals surface area contributed by atoms with Gasteiger partial charge in [-0.1, -0.05) is 12.1 Å². The number of methoxy groups -OCH3 is 1. The first kappa shape index (κ1) is 12.4. The number of hydrogen-bond acceptors (Lipinski definition) is 4. The van der Waals surface area contributed by atoms with Crippen LogP contribution in [0.3, 0.4) is 0 Å². The third-order valence-corrected chi connectivity index (χ3v) is 4.35. The Morgan fingerprint density at radius 1 is 1.41 bits per heavy atom. The van der Waals surface area contributed by atoms with Crippen molar-refractivity contribution in [2.24, 2.45) is 5.92 Å². The molecule has 0 saturated carbocycles. The summed E-state index contributed by atoms with van der Waals surface area (Å²) in [5, 5.41) is 0. The van der Waals surface area contributed by atoms with Gasteiger partial charge in [0.2, 0.25) is 0 Å². The van der Waals surface area contributed by atoms with E-state index in [2.05, 4.69) is 4.74 Å². The van der Waals surface area contributed by atoms with Crippen molar-refractivity contribution in [3.8, 4) is 0 Å². The molecule has 17 heavy (non-hydrogen) atoms. The monoisotopic (exact) mass is 274 g/mol. The predicted octanol–water partition coefficient (Wildman–Crippen LogP) is 1.50. The molecule has 0 radical (unpaired) electrons. The highest BCUT2D eigenvalue weighted by molar-refractivity contribution is 8.13. The van der Waals surface area contributed by atoms with Crippen LogP contribution in [0.5, 0.6) is 0 Å². The number of halogens is 1. The Labute approximate surface area is 104 Å². The average Bonchev–Trinajstić information content (AvgIpc) is 2.69. The molecule has 92 valence electrons. The van der Waals surface area contributed by atoms with Gasteiger partial charge in [0.1, 0.15) is 0 Å². The van der Waals surface area contributed by atoms with Crippen molar-refractivity contribution in [3.05, 3.63) is 29.3 Å². The van der Waals surface area contributed by atoms with E-state index in [4.69, 9.17) is 10.7 Å². The lowest BCUT2D eigenvalue weighted by molar-refractivity contribution is -0.145. The van der Waals surface area contributed by atoms with Crippen molar-refractivity contribution >= 4 is 25.7 Å². The Morgan fingerprint density at radius 2 is 2.12 bits per heavy atom. The maximum atomic E-state index is 11.4. The second kappa shape index (κ2) is 4.31. The van der Waals surface area contributed by atoms with Crippen molar-refractivity contribution in [3.63, 3.8) is 0 Å². The summed E-state index contributed by atoms with van der Waals surface area (Å²) in [5.74, 6) is -0.631. The summed E-state index contributed by atoms with van der Waals surface area (Å²) >= 11 is 0. The van der Waals surface area contributed by atoms with Crippen molar-refractivity contribution in [1.82, 2.24) is 0 Å². The minimum absolute atomic E-state index is 0.100. The van der Waals surface area contributed by atoms with Crippen LogP contribution >= 0.6 is 10.7 Å². The molecule has 0 fully saturated rings. The van der Waals surface area contributed by atoms with Gasteiger partial charge in [-0.25, -0.2) is 8.42 Å². The van der Waals surface area contributed by atoms with E-state index in [1.165, 1.54) is 13.2 Å². The number of carbonyl (C=O) groups is 1. The average molecular weight is 275 g/mol. The van der Waals surface area contributed by atoms with Gasteiger partial charge in [0.15, 0.2) is 0 Å². The highest BCUT2D eigenvalue weighted by Crippen LogP contribution is 2.33.